The highest BCUT2D eigenvalue weighted by atomic mass is 32.1. The van der Waals surface area contributed by atoms with Crippen LogP contribution in [0.1, 0.15) is 0 Å². The molecule has 0 aliphatic carbocycles. The second-order valence-electron chi connectivity index (χ2n) is 5.26. The van der Waals surface area contributed by atoms with Crippen LogP contribution in [0.15, 0.2) is 65.1 Å². The molecule has 5 aromatic rings. The molecule has 0 bridgehead atoms. The average molecular weight is 289 g/mol. The molecule has 3 aromatic carbocycles. The molecule has 0 fully saturated rings. The lowest BCUT2D eigenvalue weighted by Crippen LogP contribution is -1.79. The zero-order valence-corrected chi connectivity index (χ0v) is 12.0. The Hall–Kier alpha value is -2.39. The third-order valence-corrected chi connectivity index (χ3v) is 4.57. The minimum absolute atomic E-state index is 0.904. The Balaban J connectivity index is 2.18. The summed E-state index contributed by atoms with van der Waals surface area (Å²) < 4.78 is 7.93. The zero-order chi connectivity index (χ0) is 14.0. The van der Waals surface area contributed by atoms with Gasteiger partial charge in [0.25, 0.3) is 0 Å². The monoisotopic (exact) mass is 289 g/mol. The van der Waals surface area contributed by atoms with Gasteiger partial charge in [0.05, 0.1) is 16.4 Å². The maximum Gasteiger partial charge on any atom is 0.137 e. The first-order valence-electron chi connectivity index (χ1n) is 6.87. The molecule has 2 heterocycles. The number of fused-ring (bicyclic) bond motifs is 7. The Morgan fingerprint density at radius 3 is 2.38 bits per heavy atom. The molecule has 0 radical (unpaired) electrons. The second kappa shape index (κ2) is 3.83. The van der Waals surface area contributed by atoms with Crippen molar-refractivity contribution in [2.24, 2.45) is 0 Å². The van der Waals surface area contributed by atoms with Crippen molar-refractivity contribution in [2.75, 3.05) is 0 Å². The van der Waals surface area contributed by atoms with Crippen LogP contribution in [0.3, 0.4) is 0 Å². The first-order valence-corrected chi connectivity index (χ1v) is 7.27. The standard InChI is InChI=1S/C18H11NOS/c21-19-14-7-3-1-5-11(14)12-9-10-16-17(18(12)19)13-6-2-4-8-15(13)20-16/h1-10,21H. The van der Waals surface area contributed by atoms with Crippen molar-refractivity contribution in [1.29, 1.82) is 0 Å². The number of furan rings is 1. The van der Waals surface area contributed by atoms with Crippen LogP contribution in [-0.4, -0.2) is 3.97 Å². The maximum atomic E-state index is 5.96. The highest BCUT2D eigenvalue weighted by Gasteiger charge is 2.15. The summed E-state index contributed by atoms with van der Waals surface area (Å²) in [5.41, 5.74) is 4.05. The number of benzene rings is 3. The van der Waals surface area contributed by atoms with Gasteiger partial charge < -0.3 is 4.42 Å². The predicted molar refractivity (Wildman–Crippen MR) is 91.1 cm³/mol. The molecule has 2 nitrogen and oxygen atoms in total. The van der Waals surface area contributed by atoms with Gasteiger partial charge >= 0.3 is 0 Å². The van der Waals surface area contributed by atoms with Crippen LogP contribution in [0.25, 0.3) is 43.7 Å². The van der Waals surface area contributed by atoms with E-state index in [-0.39, 0.29) is 0 Å². The molecule has 21 heavy (non-hydrogen) atoms. The van der Waals surface area contributed by atoms with Gasteiger partial charge in [-0.15, -0.1) is 0 Å². The Bertz CT molecular complexity index is 1150. The lowest BCUT2D eigenvalue weighted by molar-refractivity contribution is 0.669. The summed E-state index contributed by atoms with van der Waals surface area (Å²) in [6.45, 7) is 0. The van der Waals surface area contributed by atoms with Gasteiger partial charge in [-0.25, -0.2) is 0 Å². The zero-order valence-electron chi connectivity index (χ0n) is 11.1. The molecule has 100 valence electrons. The number of rotatable bonds is 0. The second-order valence-corrected chi connectivity index (χ2v) is 5.66. The van der Waals surface area contributed by atoms with Gasteiger partial charge in [-0.2, -0.15) is 0 Å². The quantitative estimate of drug-likeness (QED) is 0.379. The molecule has 0 aliphatic rings. The fourth-order valence-corrected chi connectivity index (χ4v) is 3.62. The number of hydrogen-bond donors (Lipinski definition) is 1. The minimum atomic E-state index is 0.904. The van der Waals surface area contributed by atoms with E-state index in [1.807, 2.05) is 28.2 Å². The van der Waals surface area contributed by atoms with E-state index < -0.39 is 0 Å². The SMILES string of the molecule is Sn1c2ccccc2c2ccc3oc4ccccc4c3c21. The van der Waals surface area contributed by atoms with E-state index in [4.69, 9.17) is 17.2 Å². The third kappa shape index (κ3) is 1.34. The van der Waals surface area contributed by atoms with Gasteiger partial charge in [-0.3, -0.25) is 3.97 Å². The molecule has 5 rings (SSSR count). The van der Waals surface area contributed by atoms with Crippen LogP contribution in [0.4, 0.5) is 0 Å². The van der Waals surface area contributed by atoms with Crippen LogP contribution < -0.4 is 0 Å². The molecule has 2 aromatic heterocycles. The third-order valence-electron chi connectivity index (χ3n) is 4.15. The van der Waals surface area contributed by atoms with Crippen LogP contribution in [0.5, 0.6) is 0 Å². The van der Waals surface area contributed by atoms with E-state index in [9.17, 15) is 0 Å². The molecule has 0 aliphatic heterocycles. The topological polar surface area (TPSA) is 18.1 Å². The van der Waals surface area contributed by atoms with Crippen molar-refractivity contribution in [1.82, 2.24) is 3.97 Å². The van der Waals surface area contributed by atoms with Crippen LogP contribution in [-0.2, 0) is 0 Å². The van der Waals surface area contributed by atoms with Crippen molar-refractivity contribution in [2.45, 2.75) is 0 Å². The molecular formula is C18H11NOS. The molecular weight excluding hydrogens is 278 g/mol. The highest BCUT2D eigenvalue weighted by molar-refractivity contribution is 7.79. The van der Waals surface area contributed by atoms with E-state index in [1.165, 1.54) is 10.8 Å². The van der Waals surface area contributed by atoms with E-state index in [1.54, 1.807) is 0 Å². The lowest BCUT2D eigenvalue weighted by atomic mass is 10.1. The molecule has 0 atom stereocenters. The Morgan fingerprint density at radius 1 is 0.714 bits per heavy atom. The molecule has 0 unspecified atom stereocenters. The molecule has 0 saturated heterocycles. The Labute approximate surface area is 126 Å². The number of nitrogens with zero attached hydrogens (tertiary/aromatic N) is 1. The van der Waals surface area contributed by atoms with Crippen LogP contribution in [0, 0.1) is 0 Å². The van der Waals surface area contributed by atoms with Crippen molar-refractivity contribution in [3.05, 3.63) is 60.7 Å². The van der Waals surface area contributed by atoms with Crippen LogP contribution in [0.2, 0.25) is 0 Å². The fraction of sp³-hybridized carbons (Fsp3) is 0. The number of thiol groups is 1. The first-order chi connectivity index (χ1) is 10.3. The summed E-state index contributed by atoms with van der Waals surface area (Å²) in [5.74, 6) is 0. The van der Waals surface area contributed by atoms with Gasteiger partial charge in [0.1, 0.15) is 11.2 Å². The summed E-state index contributed by atoms with van der Waals surface area (Å²) in [6.07, 6.45) is 0. The summed E-state index contributed by atoms with van der Waals surface area (Å²) in [7, 11) is 0. The molecule has 0 saturated carbocycles. The predicted octanol–water partition coefficient (Wildman–Crippen LogP) is 5.39. The van der Waals surface area contributed by atoms with E-state index in [0.717, 1.165) is 33.0 Å². The van der Waals surface area contributed by atoms with Crippen molar-refractivity contribution in [3.63, 3.8) is 0 Å². The lowest BCUT2D eigenvalue weighted by Gasteiger charge is -1.98. The van der Waals surface area contributed by atoms with Gasteiger partial charge in [-0.05, 0) is 24.3 Å². The van der Waals surface area contributed by atoms with Gasteiger partial charge in [0, 0.05) is 16.2 Å². The average Bonchev–Trinajstić information content (AvgIpc) is 3.04. The fourth-order valence-electron chi connectivity index (χ4n) is 3.24. The van der Waals surface area contributed by atoms with Crippen LogP contribution >= 0.6 is 12.8 Å². The van der Waals surface area contributed by atoms with Crippen molar-refractivity contribution < 1.29 is 4.42 Å². The van der Waals surface area contributed by atoms with E-state index in [2.05, 4.69) is 36.4 Å². The van der Waals surface area contributed by atoms with Crippen molar-refractivity contribution >= 4 is 56.6 Å². The van der Waals surface area contributed by atoms with Gasteiger partial charge in [-0.1, -0.05) is 49.2 Å². The first kappa shape index (κ1) is 11.3. The number of hydrogen-bond acceptors (Lipinski definition) is 2. The van der Waals surface area contributed by atoms with E-state index >= 15 is 0 Å². The largest absolute Gasteiger partial charge is 0.456 e. The molecule has 0 N–H and O–H groups in total. The van der Waals surface area contributed by atoms with Crippen molar-refractivity contribution in [3.8, 4) is 0 Å². The number of para-hydroxylation sites is 2. The Morgan fingerprint density at radius 2 is 1.48 bits per heavy atom. The normalized spacial score (nSPS) is 12.0. The number of aromatic nitrogens is 1. The van der Waals surface area contributed by atoms with Gasteiger partial charge in [0.2, 0.25) is 0 Å². The minimum Gasteiger partial charge on any atom is -0.456 e. The summed E-state index contributed by atoms with van der Waals surface area (Å²) >= 11 is 4.72. The van der Waals surface area contributed by atoms with Gasteiger partial charge in [0.15, 0.2) is 0 Å². The molecule has 0 spiro atoms. The maximum absolute atomic E-state index is 5.96. The summed E-state index contributed by atoms with van der Waals surface area (Å²) in [4.78, 5) is 0. The summed E-state index contributed by atoms with van der Waals surface area (Å²) in [5, 5.41) is 4.69. The van der Waals surface area contributed by atoms with E-state index in [0.29, 0.717) is 0 Å². The smallest absolute Gasteiger partial charge is 0.137 e. The highest BCUT2D eigenvalue weighted by Crippen LogP contribution is 2.39. The Kier molecular flexibility index (Phi) is 2.06. The summed E-state index contributed by atoms with van der Waals surface area (Å²) in [6, 6.07) is 20.7. The molecule has 0 amide bonds. The molecule has 3 heteroatoms.